The molecular formula is C20H24N4O2. The number of piperidine rings is 1. The zero-order valence-corrected chi connectivity index (χ0v) is 15.2. The van der Waals surface area contributed by atoms with Crippen molar-refractivity contribution in [2.45, 2.75) is 33.1 Å². The van der Waals surface area contributed by atoms with Crippen LogP contribution in [0.4, 0.5) is 5.82 Å². The lowest BCUT2D eigenvalue weighted by molar-refractivity contribution is -0.130. The minimum absolute atomic E-state index is 0.0520. The number of rotatable bonds is 4. The number of aromatic nitrogens is 2. The van der Waals surface area contributed by atoms with Crippen LogP contribution in [0.5, 0.6) is 0 Å². The van der Waals surface area contributed by atoms with Gasteiger partial charge in [-0.15, -0.1) is 0 Å². The van der Waals surface area contributed by atoms with Gasteiger partial charge in [-0.25, -0.2) is 4.98 Å². The molecule has 1 aromatic heterocycles. The van der Waals surface area contributed by atoms with Gasteiger partial charge in [0.25, 0.3) is 0 Å². The van der Waals surface area contributed by atoms with Gasteiger partial charge in [-0.2, -0.15) is 0 Å². The van der Waals surface area contributed by atoms with Gasteiger partial charge in [0.05, 0.1) is 18.1 Å². The number of carbonyl (C=O) groups excluding carboxylic acids is 2. The highest BCUT2D eigenvalue weighted by Crippen LogP contribution is 2.21. The van der Waals surface area contributed by atoms with Gasteiger partial charge in [0.15, 0.2) is 5.82 Å². The maximum atomic E-state index is 12.2. The molecule has 0 bridgehead atoms. The standard InChI is InChI=1S/C20H24N4O2/c1-14-4-3-5-17(10-14)18-12-22-19(13-21-18)23-20(26)11-16-6-8-24(9-7-16)15(2)25/h3-5,10,12-13,16H,6-9,11H2,1-2H3,(H,22,23,26). The normalized spacial score (nSPS) is 14.9. The van der Waals surface area contributed by atoms with Crippen molar-refractivity contribution < 1.29 is 9.59 Å². The minimum Gasteiger partial charge on any atom is -0.343 e. The van der Waals surface area contributed by atoms with E-state index < -0.39 is 0 Å². The Morgan fingerprint density at radius 3 is 2.58 bits per heavy atom. The highest BCUT2D eigenvalue weighted by molar-refractivity contribution is 5.89. The number of hydrogen-bond acceptors (Lipinski definition) is 4. The number of amides is 2. The van der Waals surface area contributed by atoms with Crippen LogP contribution in [-0.4, -0.2) is 39.8 Å². The van der Waals surface area contributed by atoms with Crippen molar-refractivity contribution in [3.63, 3.8) is 0 Å². The SMILES string of the molecule is CC(=O)N1CCC(CC(=O)Nc2cnc(-c3cccc(C)c3)cn2)CC1. The number of aryl methyl sites for hydroxylation is 1. The first-order valence-corrected chi connectivity index (χ1v) is 8.95. The highest BCUT2D eigenvalue weighted by atomic mass is 16.2. The van der Waals surface area contributed by atoms with Gasteiger partial charge in [0.2, 0.25) is 11.8 Å². The van der Waals surface area contributed by atoms with Crippen molar-refractivity contribution in [2.24, 2.45) is 5.92 Å². The molecule has 1 fully saturated rings. The average Bonchev–Trinajstić information content (AvgIpc) is 2.62. The summed E-state index contributed by atoms with van der Waals surface area (Å²) in [5.74, 6) is 0.832. The van der Waals surface area contributed by atoms with E-state index in [-0.39, 0.29) is 11.8 Å². The molecule has 0 spiro atoms. The van der Waals surface area contributed by atoms with E-state index >= 15 is 0 Å². The molecule has 136 valence electrons. The fourth-order valence-electron chi connectivity index (χ4n) is 3.25. The van der Waals surface area contributed by atoms with Crippen LogP contribution >= 0.6 is 0 Å². The Morgan fingerprint density at radius 1 is 1.19 bits per heavy atom. The molecule has 0 saturated carbocycles. The van der Waals surface area contributed by atoms with Gasteiger partial charge in [-0.1, -0.05) is 23.8 Å². The van der Waals surface area contributed by atoms with Crippen LogP contribution in [0.1, 0.15) is 31.7 Å². The van der Waals surface area contributed by atoms with Crippen LogP contribution < -0.4 is 5.32 Å². The first-order valence-electron chi connectivity index (χ1n) is 8.95. The Bertz CT molecular complexity index is 781. The van der Waals surface area contributed by atoms with Crippen molar-refractivity contribution in [1.29, 1.82) is 0 Å². The first kappa shape index (κ1) is 18.0. The fourth-order valence-corrected chi connectivity index (χ4v) is 3.25. The van der Waals surface area contributed by atoms with E-state index in [1.807, 2.05) is 30.0 Å². The molecule has 0 radical (unpaired) electrons. The van der Waals surface area contributed by atoms with Gasteiger partial charge in [-0.3, -0.25) is 14.6 Å². The predicted octanol–water partition coefficient (Wildman–Crippen LogP) is 3.04. The molecule has 0 unspecified atom stereocenters. The largest absolute Gasteiger partial charge is 0.343 e. The molecule has 6 nitrogen and oxygen atoms in total. The van der Waals surface area contributed by atoms with Crippen molar-refractivity contribution >= 4 is 17.6 Å². The van der Waals surface area contributed by atoms with Crippen LogP contribution in [0.15, 0.2) is 36.7 Å². The Labute approximate surface area is 153 Å². The Morgan fingerprint density at radius 2 is 1.96 bits per heavy atom. The van der Waals surface area contributed by atoms with Crippen molar-refractivity contribution in [2.75, 3.05) is 18.4 Å². The third-order valence-corrected chi connectivity index (χ3v) is 4.77. The summed E-state index contributed by atoms with van der Waals surface area (Å²) in [5, 5.41) is 2.82. The lowest BCUT2D eigenvalue weighted by Crippen LogP contribution is -2.37. The fraction of sp³-hybridized carbons (Fsp3) is 0.400. The van der Waals surface area contributed by atoms with Crippen LogP contribution in [0.2, 0.25) is 0 Å². The lowest BCUT2D eigenvalue weighted by Gasteiger charge is -2.30. The number of benzene rings is 1. The van der Waals surface area contributed by atoms with Gasteiger partial charge >= 0.3 is 0 Å². The Balaban J connectivity index is 1.53. The molecule has 2 amide bonds. The molecular weight excluding hydrogens is 328 g/mol. The molecule has 0 aliphatic carbocycles. The predicted molar refractivity (Wildman–Crippen MR) is 100 cm³/mol. The molecule has 1 saturated heterocycles. The van der Waals surface area contributed by atoms with Gasteiger partial charge in [0.1, 0.15) is 0 Å². The van der Waals surface area contributed by atoms with E-state index in [1.54, 1.807) is 19.3 Å². The molecule has 0 atom stereocenters. The second kappa shape index (κ2) is 8.08. The first-order chi connectivity index (χ1) is 12.5. The topological polar surface area (TPSA) is 75.2 Å². The third kappa shape index (κ3) is 4.65. The second-order valence-electron chi connectivity index (χ2n) is 6.86. The number of hydrogen-bond donors (Lipinski definition) is 1. The summed E-state index contributed by atoms with van der Waals surface area (Å²) in [7, 11) is 0. The molecule has 1 aliphatic heterocycles. The molecule has 1 aromatic carbocycles. The minimum atomic E-state index is -0.0520. The van der Waals surface area contributed by atoms with E-state index in [4.69, 9.17) is 0 Å². The molecule has 2 heterocycles. The van der Waals surface area contributed by atoms with Crippen molar-refractivity contribution in [3.8, 4) is 11.3 Å². The van der Waals surface area contributed by atoms with Crippen LogP contribution in [0, 0.1) is 12.8 Å². The van der Waals surface area contributed by atoms with E-state index in [0.29, 0.717) is 18.2 Å². The summed E-state index contributed by atoms with van der Waals surface area (Å²) in [5.41, 5.74) is 2.95. The molecule has 2 aromatic rings. The third-order valence-electron chi connectivity index (χ3n) is 4.77. The Hall–Kier alpha value is -2.76. The smallest absolute Gasteiger partial charge is 0.225 e. The quantitative estimate of drug-likeness (QED) is 0.918. The number of nitrogens with one attached hydrogen (secondary N) is 1. The monoisotopic (exact) mass is 352 g/mol. The van der Waals surface area contributed by atoms with Crippen molar-refractivity contribution in [1.82, 2.24) is 14.9 Å². The van der Waals surface area contributed by atoms with E-state index in [0.717, 1.165) is 42.8 Å². The highest BCUT2D eigenvalue weighted by Gasteiger charge is 2.22. The van der Waals surface area contributed by atoms with Gasteiger partial charge in [-0.05, 0) is 31.7 Å². The molecule has 3 rings (SSSR count). The number of likely N-dealkylation sites (tertiary alicyclic amines) is 1. The summed E-state index contributed by atoms with van der Waals surface area (Å²) in [4.78, 5) is 34.1. The maximum absolute atomic E-state index is 12.2. The number of anilines is 1. The summed E-state index contributed by atoms with van der Waals surface area (Å²) < 4.78 is 0. The molecule has 1 aliphatic rings. The van der Waals surface area contributed by atoms with Crippen LogP contribution in [0.3, 0.4) is 0 Å². The van der Waals surface area contributed by atoms with Crippen LogP contribution in [-0.2, 0) is 9.59 Å². The summed E-state index contributed by atoms with van der Waals surface area (Å²) >= 11 is 0. The zero-order valence-electron chi connectivity index (χ0n) is 15.2. The maximum Gasteiger partial charge on any atom is 0.225 e. The van der Waals surface area contributed by atoms with E-state index in [9.17, 15) is 9.59 Å². The number of nitrogens with zero attached hydrogens (tertiary/aromatic N) is 3. The van der Waals surface area contributed by atoms with E-state index in [2.05, 4.69) is 21.4 Å². The van der Waals surface area contributed by atoms with Crippen molar-refractivity contribution in [3.05, 3.63) is 42.2 Å². The Kier molecular flexibility index (Phi) is 5.61. The lowest BCUT2D eigenvalue weighted by atomic mass is 9.93. The summed E-state index contributed by atoms with van der Waals surface area (Å²) in [6.45, 7) is 5.09. The average molecular weight is 352 g/mol. The molecule has 6 heteroatoms. The number of carbonyl (C=O) groups is 2. The molecule has 26 heavy (non-hydrogen) atoms. The van der Waals surface area contributed by atoms with E-state index in [1.165, 1.54) is 0 Å². The van der Waals surface area contributed by atoms with Gasteiger partial charge < -0.3 is 10.2 Å². The van der Waals surface area contributed by atoms with Crippen LogP contribution in [0.25, 0.3) is 11.3 Å². The van der Waals surface area contributed by atoms with Gasteiger partial charge in [0, 0.05) is 32.0 Å². The molecule has 1 N–H and O–H groups in total. The summed E-state index contributed by atoms with van der Waals surface area (Å²) in [6, 6.07) is 8.06. The second-order valence-corrected chi connectivity index (χ2v) is 6.86. The zero-order chi connectivity index (χ0) is 18.5. The summed E-state index contributed by atoms with van der Waals surface area (Å²) in [6.07, 6.45) is 5.45.